The molecule has 4 nitrogen and oxygen atoms in total. The van der Waals surface area contributed by atoms with Crippen molar-refractivity contribution >= 4 is 5.97 Å². The van der Waals surface area contributed by atoms with Gasteiger partial charge in [-0.2, -0.15) is 8.78 Å². The molecule has 1 aliphatic rings. The number of carboxylic acid groups (broad SMARTS) is 1. The summed E-state index contributed by atoms with van der Waals surface area (Å²) in [5.41, 5.74) is 0.523. The average molecular weight is 271 g/mol. The van der Waals surface area contributed by atoms with Crippen molar-refractivity contribution in [2.45, 2.75) is 25.5 Å². The van der Waals surface area contributed by atoms with Crippen molar-refractivity contribution in [3.63, 3.8) is 0 Å². The molecule has 1 aromatic carbocycles. The molecule has 0 radical (unpaired) electrons. The first-order valence-electron chi connectivity index (χ1n) is 6.07. The van der Waals surface area contributed by atoms with E-state index in [4.69, 9.17) is 5.11 Å². The Hall–Kier alpha value is -1.69. The minimum atomic E-state index is -2.88. The molecule has 0 amide bonds. The van der Waals surface area contributed by atoms with E-state index in [-0.39, 0.29) is 5.75 Å². The zero-order valence-electron chi connectivity index (χ0n) is 10.2. The number of hydrogen-bond acceptors (Lipinski definition) is 3. The molecule has 1 saturated carbocycles. The first kappa shape index (κ1) is 13.7. The van der Waals surface area contributed by atoms with Gasteiger partial charge in [0.25, 0.3) is 0 Å². The molecule has 0 aliphatic heterocycles. The molecule has 0 heterocycles. The van der Waals surface area contributed by atoms with Gasteiger partial charge >= 0.3 is 12.6 Å². The summed E-state index contributed by atoms with van der Waals surface area (Å²) in [6, 6.07) is 4.83. The number of halogens is 2. The minimum Gasteiger partial charge on any atom is -0.480 e. The van der Waals surface area contributed by atoms with Crippen LogP contribution in [0.1, 0.15) is 24.4 Å². The Morgan fingerprint density at radius 2 is 2.00 bits per heavy atom. The van der Waals surface area contributed by atoms with Crippen molar-refractivity contribution in [3.8, 4) is 5.75 Å². The van der Waals surface area contributed by atoms with Crippen molar-refractivity contribution in [3.05, 3.63) is 29.8 Å². The summed E-state index contributed by atoms with van der Waals surface area (Å²) in [6.07, 6.45) is 2.25. The summed E-state index contributed by atoms with van der Waals surface area (Å²) >= 11 is 0. The Bertz CT molecular complexity index is 432. The summed E-state index contributed by atoms with van der Waals surface area (Å²) < 4.78 is 28.2. The second kappa shape index (κ2) is 5.97. The quantitative estimate of drug-likeness (QED) is 0.799. The Kier molecular flexibility index (Phi) is 4.31. The number of aliphatic carboxylic acids is 1. The van der Waals surface area contributed by atoms with Gasteiger partial charge in [-0.15, -0.1) is 0 Å². The third-order valence-electron chi connectivity index (χ3n) is 2.99. The first-order valence-corrected chi connectivity index (χ1v) is 6.07. The Balaban J connectivity index is 2.01. The van der Waals surface area contributed by atoms with Crippen LogP contribution in [0.4, 0.5) is 8.78 Å². The lowest BCUT2D eigenvalue weighted by molar-refractivity contribution is -0.139. The number of ether oxygens (including phenoxy) is 1. The lowest BCUT2D eigenvalue weighted by Gasteiger charge is -2.15. The van der Waals surface area contributed by atoms with Crippen molar-refractivity contribution < 1.29 is 23.4 Å². The van der Waals surface area contributed by atoms with Crippen LogP contribution in [0.2, 0.25) is 0 Å². The SMILES string of the molecule is O=C(O)C(NCC1CC1)c1ccc(OC(F)F)cc1. The highest BCUT2D eigenvalue weighted by Crippen LogP contribution is 2.29. The second-order valence-electron chi connectivity index (χ2n) is 4.57. The number of alkyl halides is 2. The van der Waals surface area contributed by atoms with E-state index in [0.29, 0.717) is 18.0 Å². The van der Waals surface area contributed by atoms with Crippen LogP contribution in [0.5, 0.6) is 5.75 Å². The van der Waals surface area contributed by atoms with Gasteiger partial charge in [-0.25, -0.2) is 0 Å². The van der Waals surface area contributed by atoms with Gasteiger partial charge in [0.2, 0.25) is 0 Å². The van der Waals surface area contributed by atoms with Crippen molar-refractivity contribution in [2.24, 2.45) is 5.92 Å². The molecule has 2 rings (SSSR count). The maximum atomic E-state index is 12.0. The Morgan fingerprint density at radius 3 is 2.47 bits per heavy atom. The molecule has 1 fully saturated rings. The van der Waals surface area contributed by atoms with E-state index in [1.54, 1.807) is 0 Å². The predicted molar refractivity (Wildman–Crippen MR) is 64.2 cm³/mol. The van der Waals surface area contributed by atoms with E-state index in [1.807, 2.05) is 0 Å². The molecule has 1 aliphatic carbocycles. The number of carbonyl (C=O) groups is 1. The van der Waals surface area contributed by atoms with E-state index >= 15 is 0 Å². The van der Waals surface area contributed by atoms with Crippen LogP contribution in [0.25, 0.3) is 0 Å². The summed E-state index contributed by atoms with van der Waals surface area (Å²) in [4.78, 5) is 11.2. The van der Waals surface area contributed by atoms with Gasteiger partial charge < -0.3 is 15.2 Å². The summed E-state index contributed by atoms with van der Waals surface area (Å²) in [5.74, 6) is -0.406. The number of benzene rings is 1. The average Bonchev–Trinajstić information content (AvgIpc) is 3.14. The van der Waals surface area contributed by atoms with Gasteiger partial charge in [-0.3, -0.25) is 4.79 Å². The molecule has 0 saturated heterocycles. The highest BCUT2D eigenvalue weighted by Gasteiger charge is 2.25. The maximum absolute atomic E-state index is 12.0. The number of carboxylic acids is 1. The zero-order valence-corrected chi connectivity index (χ0v) is 10.2. The van der Waals surface area contributed by atoms with Crippen molar-refractivity contribution in [2.75, 3.05) is 6.54 Å². The van der Waals surface area contributed by atoms with E-state index in [1.165, 1.54) is 24.3 Å². The van der Waals surface area contributed by atoms with E-state index in [0.717, 1.165) is 12.8 Å². The summed E-state index contributed by atoms with van der Waals surface area (Å²) in [7, 11) is 0. The van der Waals surface area contributed by atoms with Crippen LogP contribution in [0.3, 0.4) is 0 Å². The predicted octanol–water partition coefficient (Wildman–Crippen LogP) is 2.41. The number of nitrogens with one attached hydrogen (secondary N) is 1. The molecular weight excluding hydrogens is 256 g/mol. The molecular formula is C13H15F2NO3. The maximum Gasteiger partial charge on any atom is 0.387 e. The largest absolute Gasteiger partial charge is 0.480 e. The van der Waals surface area contributed by atoms with Crippen LogP contribution in [-0.2, 0) is 4.79 Å². The Labute approximate surface area is 109 Å². The van der Waals surface area contributed by atoms with Crippen LogP contribution in [0.15, 0.2) is 24.3 Å². The van der Waals surface area contributed by atoms with Gasteiger partial charge in [-0.1, -0.05) is 12.1 Å². The fourth-order valence-corrected chi connectivity index (χ4v) is 1.80. The van der Waals surface area contributed by atoms with Crippen LogP contribution in [0, 0.1) is 5.92 Å². The van der Waals surface area contributed by atoms with Gasteiger partial charge in [-0.05, 0) is 43.0 Å². The molecule has 104 valence electrons. The van der Waals surface area contributed by atoms with Crippen LogP contribution >= 0.6 is 0 Å². The number of hydrogen-bond donors (Lipinski definition) is 2. The molecule has 2 N–H and O–H groups in total. The highest BCUT2D eigenvalue weighted by molar-refractivity contribution is 5.75. The smallest absolute Gasteiger partial charge is 0.387 e. The molecule has 0 aromatic heterocycles. The van der Waals surface area contributed by atoms with Gasteiger partial charge in [0.1, 0.15) is 11.8 Å². The molecule has 1 aromatic rings. The third kappa shape index (κ3) is 4.17. The lowest BCUT2D eigenvalue weighted by Crippen LogP contribution is -2.30. The molecule has 1 unspecified atom stereocenters. The minimum absolute atomic E-state index is 0.0186. The fraction of sp³-hybridized carbons (Fsp3) is 0.462. The van der Waals surface area contributed by atoms with E-state index < -0.39 is 18.6 Å². The fourth-order valence-electron chi connectivity index (χ4n) is 1.80. The Morgan fingerprint density at radius 1 is 1.37 bits per heavy atom. The van der Waals surface area contributed by atoms with E-state index in [2.05, 4.69) is 10.1 Å². The summed E-state index contributed by atoms with van der Waals surface area (Å²) in [5, 5.41) is 12.1. The second-order valence-corrected chi connectivity index (χ2v) is 4.57. The molecule has 6 heteroatoms. The van der Waals surface area contributed by atoms with E-state index in [9.17, 15) is 13.6 Å². The highest BCUT2D eigenvalue weighted by atomic mass is 19.3. The number of rotatable bonds is 7. The monoisotopic (exact) mass is 271 g/mol. The van der Waals surface area contributed by atoms with Gasteiger partial charge in [0.15, 0.2) is 0 Å². The third-order valence-corrected chi connectivity index (χ3v) is 2.99. The van der Waals surface area contributed by atoms with Gasteiger partial charge in [0, 0.05) is 0 Å². The van der Waals surface area contributed by atoms with Gasteiger partial charge in [0.05, 0.1) is 0 Å². The molecule has 0 bridgehead atoms. The topological polar surface area (TPSA) is 58.6 Å². The lowest BCUT2D eigenvalue weighted by atomic mass is 10.1. The first-order chi connectivity index (χ1) is 9.06. The summed E-state index contributed by atoms with van der Waals surface area (Å²) in [6.45, 7) is -2.22. The zero-order chi connectivity index (χ0) is 13.8. The standard InChI is InChI=1S/C13H15F2NO3/c14-13(15)19-10-5-3-9(4-6-10)11(12(17)18)16-7-8-1-2-8/h3-6,8,11,13,16H,1-2,7H2,(H,17,18). The molecule has 19 heavy (non-hydrogen) atoms. The van der Waals surface area contributed by atoms with Crippen LogP contribution in [-0.4, -0.2) is 24.2 Å². The molecule has 1 atom stereocenters. The normalized spacial score (nSPS) is 16.4. The molecule has 0 spiro atoms. The van der Waals surface area contributed by atoms with Crippen LogP contribution < -0.4 is 10.1 Å². The van der Waals surface area contributed by atoms with Crippen molar-refractivity contribution in [1.82, 2.24) is 5.32 Å². The van der Waals surface area contributed by atoms with Crippen molar-refractivity contribution in [1.29, 1.82) is 0 Å².